The van der Waals surface area contributed by atoms with E-state index in [1.807, 2.05) is 24.3 Å². The highest BCUT2D eigenvalue weighted by Gasteiger charge is 2.11. The van der Waals surface area contributed by atoms with Gasteiger partial charge in [-0.25, -0.2) is 4.98 Å². The quantitative estimate of drug-likeness (QED) is 0.586. The molecule has 3 aromatic rings. The molecule has 0 atom stereocenters. The number of carbonyl (C=O) groups is 1. The molecule has 1 amide bonds. The summed E-state index contributed by atoms with van der Waals surface area (Å²) >= 11 is 13.2. The lowest BCUT2D eigenvalue weighted by Crippen LogP contribution is -2.14. The Labute approximate surface area is 164 Å². The zero-order valence-electron chi connectivity index (χ0n) is 13.6. The first-order valence-electron chi connectivity index (χ1n) is 7.49. The summed E-state index contributed by atoms with van der Waals surface area (Å²) in [4.78, 5) is 16.5. The number of amides is 1. The Morgan fingerprint density at radius 1 is 1.23 bits per heavy atom. The maximum atomic E-state index is 12.1. The van der Waals surface area contributed by atoms with Crippen LogP contribution in [0.15, 0.2) is 47.6 Å². The number of carbonyl (C=O) groups excluding carboxylic acids is 1. The molecule has 1 heterocycles. The van der Waals surface area contributed by atoms with E-state index in [1.54, 1.807) is 25.3 Å². The molecule has 6 nitrogen and oxygen atoms in total. The molecule has 0 spiro atoms. The number of H-pyrrole nitrogens is 1. The van der Waals surface area contributed by atoms with Crippen LogP contribution >= 0.6 is 35.0 Å². The van der Waals surface area contributed by atoms with Crippen LogP contribution in [0, 0.1) is 0 Å². The van der Waals surface area contributed by atoms with Crippen molar-refractivity contribution in [3.8, 4) is 17.1 Å². The van der Waals surface area contributed by atoms with Gasteiger partial charge in [-0.15, -0.1) is 5.10 Å². The number of aromatic nitrogens is 3. The first kappa shape index (κ1) is 18.6. The zero-order chi connectivity index (χ0) is 18.5. The van der Waals surface area contributed by atoms with E-state index in [1.165, 1.54) is 11.8 Å². The lowest BCUT2D eigenvalue weighted by molar-refractivity contribution is -0.113. The summed E-state index contributed by atoms with van der Waals surface area (Å²) in [5.74, 6) is 1.30. The second kappa shape index (κ2) is 8.44. The van der Waals surface area contributed by atoms with Gasteiger partial charge in [-0.1, -0.05) is 35.0 Å². The first-order valence-corrected chi connectivity index (χ1v) is 9.24. The Hall–Kier alpha value is -2.22. The third-order valence-electron chi connectivity index (χ3n) is 3.36. The van der Waals surface area contributed by atoms with E-state index in [0.29, 0.717) is 26.7 Å². The summed E-state index contributed by atoms with van der Waals surface area (Å²) in [5.41, 5.74) is 1.35. The second-order valence-electron chi connectivity index (χ2n) is 5.16. The molecular weight excluding hydrogens is 395 g/mol. The third-order valence-corrected chi connectivity index (χ3v) is 4.78. The van der Waals surface area contributed by atoms with Crippen LogP contribution in [-0.2, 0) is 4.79 Å². The molecule has 26 heavy (non-hydrogen) atoms. The van der Waals surface area contributed by atoms with Crippen LogP contribution in [0.4, 0.5) is 5.69 Å². The molecule has 9 heteroatoms. The smallest absolute Gasteiger partial charge is 0.234 e. The molecule has 0 unspecified atom stereocenters. The largest absolute Gasteiger partial charge is 0.497 e. The van der Waals surface area contributed by atoms with Gasteiger partial charge in [0, 0.05) is 10.6 Å². The normalized spacial score (nSPS) is 10.6. The summed E-state index contributed by atoms with van der Waals surface area (Å²) in [6.07, 6.45) is 0. The van der Waals surface area contributed by atoms with Gasteiger partial charge in [-0.05, 0) is 42.5 Å². The molecule has 3 rings (SSSR count). The molecule has 1 aromatic heterocycles. The van der Waals surface area contributed by atoms with Gasteiger partial charge in [0.25, 0.3) is 0 Å². The first-order chi connectivity index (χ1) is 12.5. The molecule has 2 N–H and O–H groups in total. The minimum Gasteiger partial charge on any atom is -0.497 e. The average molecular weight is 409 g/mol. The van der Waals surface area contributed by atoms with E-state index in [4.69, 9.17) is 27.9 Å². The van der Waals surface area contributed by atoms with Crippen LogP contribution < -0.4 is 10.1 Å². The van der Waals surface area contributed by atoms with Crippen LogP contribution in [0.5, 0.6) is 5.75 Å². The summed E-state index contributed by atoms with van der Waals surface area (Å²) in [7, 11) is 1.61. The van der Waals surface area contributed by atoms with Gasteiger partial charge in [0.2, 0.25) is 11.1 Å². The van der Waals surface area contributed by atoms with Crippen molar-refractivity contribution in [3.05, 3.63) is 52.5 Å². The van der Waals surface area contributed by atoms with Crippen molar-refractivity contribution in [3.63, 3.8) is 0 Å². The van der Waals surface area contributed by atoms with E-state index in [-0.39, 0.29) is 11.7 Å². The SMILES string of the molecule is COc1ccc(-c2nc(SCC(=O)Nc3cc(Cl)ccc3Cl)n[nH]2)cc1. The van der Waals surface area contributed by atoms with Gasteiger partial charge in [-0.2, -0.15) is 0 Å². The van der Waals surface area contributed by atoms with Crippen molar-refractivity contribution in [2.24, 2.45) is 0 Å². The fraction of sp³-hybridized carbons (Fsp3) is 0.118. The Morgan fingerprint density at radius 2 is 2.00 bits per heavy atom. The monoisotopic (exact) mass is 408 g/mol. The highest BCUT2D eigenvalue weighted by Crippen LogP contribution is 2.26. The van der Waals surface area contributed by atoms with Crippen LogP contribution in [-0.4, -0.2) is 34.0 Å². The predicted molar refractivity (Wildman–Crippen MR) is 104 cm³/mol. The van der Waals surface area contributed by atoms with Crippen molar-refractivity contribution in [2.75, 3.05) is 18.2 Å². The summed E-state index contributed by atoms with van der Waals surface area (Å²) < 4.78 is 5.13. The Bertz CT molecular complexity index is 915. The minimum absolute atomic E-state index is 0.142. The second-order valence-corrected chi connectivity index (χ2v) is 6.94. The molecule has 0 saturated carbocycles. The fourth-order valence-corrected chi connectivity index (χ4v) is 3.03. The van der Waals surface area contributed by atoms with Gasteiger partial charge in [-0.3, -0.25) is 9.89 Å². The maximum absolute atomic E-state index is 12.1. The van der Waals surface area contributed by atoms with E-state index >= 15 is 0 Å². The number of ether oxygens (including phenoxy) is 1. The topological polar surface area (TPSA) is 79.9 Å². The number of nitrogens with one attached hydrogen (secondary N) is 2. The Morgan fingerprint density at radius 3 is 2.73 bits per heavy atom. The molecular formula is C17H14Cl2N4O2S. The highest BCUT2D eigenvalue weighted by atomic mass is 35.5. The number of thioether (sulfide) groups is 1. The van der Waals surface area contributed by atoms with Gasteiger partial charge in [0.15, 0.2) is 5.82 Å². The summed E-state index contributed by atoms with van der Waals surface area (Å²) in [6.45, 7) is 0. The lowest BCUT2D eigenvalue weighted by atomic mass is 10.2. The fourth-order valence-electron chi connectivity index (χ4n) is 2.10. The molecule has 0 aliphatic heterocycles. The van der Waals surface area contributed by atoms with Gasteiger partial charge in [0.05, 0.1) is 23.6 Å². The number of nitrogens with zero attached hydrogens (tertiary/aromatic N) is 2. The third kappa shape index (κ3) is 4.69. The Balaban J connectivity index is 1.58. The molecule has 0 saturated heterocycles. The average Bonchev–Trinajstić information content (AvgIpc) is 3.12. The molecule has 0 fully saturated rings. The Kier molecular flexibility index (Phi) is 6.03. The van der Waals surface area contributed by atoms with Crippen LogP contribution in [0.2, 0.25) is 10.0 Å². The molecule has 0 bridgehead atoms. The van der Waals surface area contributed by atoms with Crippen molar-refractivity contribution < 1.29 is 9.53 Å². The number of aromatic amines is 1. The van der Waals surface area contributed by atoms with E-state index < -0.39 is 0 Å². The molecule has 2 aromatic carbocycles. The number of halogens is 2. The predicted octanol–water partition coefficient (Wildman–Crippen LogP) is 4.52. The number of benzene rings is 2. The van der Waals surface area contributed by atoms with Gasteiger partial charge < -0.3 is 10.1 Å². The van der Waals surface area contributed by atoms with Crippen molar-refractivity contribution in [2.45, 2.75) is 5.16 Å². The molecule has 134 valence electrons. The lowest BCUT2D eigenvalue weighted by Gasteiger charge is -2.06. The van der Waals surface area contributed by atoms with Crippen LogP contribution in [0.25, 0.3) is 11.4 Å². The molecule has 0 aliphatic rings. The van der Waals surface area contributed by atoms with Crippen molar-refractivity contribution >= 4 is 46.6 Å². The zero-order valence-corrected chi connectivity index (χ0v) is 16.0. The molecule has 0 radical (unpaired) electrons. The van der Waals surface area contributed by atoms with Crippen molar-refractivity contribution in [1.82, 2.24) is 15.2 Å². The number of methoxy groups -OCH3 is 1. The van der Waals surface area contributed by atoms with Gasteiger partial charge in [0.1, 0.15) is 5.75 Å². The van der Waals surface area contributed by atoms with E-state index in [0.717, 1.165) is 11.3 Å². The highest BCUT2D eigenvalue weighted by molar-refractivity contribution is 7.99. The summed E-state index contributed by atoms with van der Waals surface area (Å²) in [5, 5.41) is 11.1. The van der Waals surface area contributed by atoms with Crippen molar-refractivity contribution in [1.29, 1.82) is 0 Å². The summed E-state index contributed by atoms with van der Waals surface area (Å²) in [6, 6.07) is 12.3. The molecule has 0 aliphatic carbocycles. The number of hydrogen-bond acceptors (Lipinski definition) is 5. The van der Waals surface area contributed by atoms with Gasteiger partial charge >= 0.3 is 0 Å². The van der Waals surface area contributed by atoms with E-state index in [2.05, 4.69) is 20.5 Å². The number of anilines is 1. The van der Waals surface area contributed by atoms with Crippen LogP contribution in [0.1, 0.15) is 0 Å². The number of hydrogen-bond donors (Lipinski definition) is 2. The van der Waals surface area contributed by atoms with E-state index in [9.17, 15) is 4.79 Å². The minimum atomic E-state index is -0.227. The number of rotatable bonds is 6. The maximum Gasteiger partial charge on any atom is 0.234 e. The van der Waals surface area contributed by atoms with Crippen LogP contribution in [0.3, 0.4) is 0 Å². The standard InChI is InChI=1S/C17H14Cl2N4O2S/c1-25-12-5-2-10(3-6-12)16-21-17(23-22-16)26-9-15(24)20-14-8-11(18)4-7-13(14)19/h2-8H,9H2,1H3,(H,20,24)(H,21,22,23).